The van der Waals surface area contributed by atoms with Crippen LogP contribution in [0.2, 0.25) is 0 Å². The van der Waals surface area contributed by atoms with Gasteiger partial charge in [0.2, 0.25) is 5.91 Å². The highest BCUT2D eigenvalue weighted by molar-refractivity contribution is 5.98. The molecule has 2 atom stereocenters. The van der Waals surface area contributed by atoms with Gasteiger partial charge in [0.1, 0.15) is 5.75 Å². The van der Waals surface area contributed by atoms with E-state index in [2.05, 4.69) is 10.6 Å². The van der Waals surface area contributed by atoms with Crippen molar-refractivity contribution in [2.45, 2.75) is 84.8 Å². The summed E-state index contributed by atoms with van der Waals surface area (Å²) in [6.45, 7) is 8.38. The van der Waals surface area contributed by atoms with Gasteiger partial charge in [0.05, 0.1) is 30.1 Å². The average Bonchev–Trinajstić information content (AvgIpc) is 3.27. The largest absolute Gasteiger partial charge is 0.496 e. The molecule has 2 unspecified atom stereocenters. The Labute approximate surface area is 212 Å². The molecule has 2 amide bonds. The molecule has 200 valence electrons. The summed E-state index contributed by atoms with van der Waals surface area (Å²) in [5, 5.41) is 15.4. The van der Waals surface area contributed by atoms with Gasteiger partial charge in [0, 0.05) is 18.7 Å². The first-order valence-electron chi connectivity index (χ1n) is 12.7. The summed E-state index contributed by atoms with van der Waals surface area (Å²) in [7, 11) is 1.36. The van der Waals surface area contributed by atoms with E-state index < -0.39 is 23.1 Å². The molecular formula is C27H39FN2O6. The number of carboxylic acid groups (broad SMARTS) is 1. The Bertz CT molecular complexity index is 981. The lowest BCUT2D eigenvalue weighted by Gasteiger charge is -2.34. The van der Waals surface area contributed by atoms with E-state index in [-0.39, 0.29) is 46.4 Å². The zero-order chi connectivity index (χ0) is 26.7. The van der Waals surface area contributed by atoms with Gasteiger partial charge in [-0.1, -0.05) is 27.2 Å². The van der Waals surface area contributed by atoms with Crippen molar-refractivity contribution in [1.29, 1.82) is 0 Å². The standard InChI is InChI=1S/C27H39FN2O6/c1-26(2,3)15-29-23(31)17-7-6-8-20(17)30-24(32)18-13-22(19(28)14-21(18)35-5)36-16-9-11-27(4,12-10-16)25(33)34/h13-14,16-17,20H,6-12,15H2,1-5H3,(H,29,31)(H,30,32)(H,33,34). The number of carbonyl (C=O) groups is 3. The molecule has 2 saturated carbocycles. The normalized spacial score (nSPS) is 26.2. The van der Waals surface area contributed by atoms with Crippen LogP contribution in [0.3, 0.4) is 0 Å². The van der Waals surface area contributed by atoms with Crippen molar-refractivity contribution in [1.82, 2.24) is 10.6 Å². The Kier molecular flexibility index (Phi) is 8.52. The molecule has 36 heavy (non-hydrogen) atoms. The quantitative estimate of drug-likeness (QED) is 0.484. The van der Waals surface area contributed by atoms with E-state index in [9.17, 15) is 23.9 Å². The highest BCUT2D eigenvalue weighted by Crippen LogP contribution is 2.38. The molecule has 9 heteroatoms. The van der Waals surface area contributed by atoms with Crippen LogP contribution in [-0.2, 0) is 9.59 Å². The van der Waals surface area contributed by atoms with E-state index in [0.29, 0.717) is 45.1 Å². The van der Waals surface area contributed by atoms with Crippen molar-refractivity contribution >= 4 is 17.8 Å². The minimum absolute atomic E-state index is 0.0462. The van der Waals surface area contributed by atoms with Crippen LogP contribution in [-0.4, -0.2) is 48.7 Å². The number of nitrogens with one attached hydrogen (secondary N) is 2. The number of rotatable bonds is 8. The zero-order valence-electron chi connectivity index (χ0n) is 21.9. The minimum atomic E-state index is -0.840. The van der Waals surface area contributed by atoms with Gasteiger partial charge in [0.25, 0.3) is 5.91 Å². The fraction of sp³-hybridized carbons (Fsp3) is 0.667. The summed E-state index contributed by atoms with van der Waals surface area (Å²) in [6.07, 6.45) is 3.65. The molecule has 1 aromatic rings. The number of hydrogen-bond donors (Lipinski definition) is 3. The Morgan fingerprint density at radius 3 is 2.36 bits per heavy atom. The SMILES string of the molecule is COc1cc(F)c(OC2CCC(C)(C(=O)O)CC2)cc1C(=O)NC1CCCC1C(=O)NCC(C)(C)C. The zero-order valence-corrected chi connectivity index (χ0v) is 21.9. The highest BCUT2D eigenvalue weighted by atomic mass is 19.1. The summed E-state index contributed by atoms with van der Waals surface area (Å²) >= 11 is 0. The molecule has 2 fully saturated rings. The summed E-state index contributed by atoms with van der Waals surface area (Å²) < 4.78 is 25.9. The lowest BCUT2D eigenvalue weighted by Crippen LogP contribution is -2.45. The monoisotopic (exact) mass is 506 g/mol. The molecular weight excluding hydrogens is 467 g/mol. The Balaban J connectivity index is 1.70. The number of methoxy groups -OCH3 is 1. The molecule has 0 spiro atoms. The molecule has 1 aromatic carbocycles. The number of halogens is 1. The third kappa shape index (κ3) is 6.68. The molecule has 0 bridgehead atoms. The molecule has 0 radical (unpaired) electrons. The van der Waals surface area contributed by atoms with Crippen molar-refractivity contribution < 1.29 is 33.4 Å². The van der Waals surface area contributed by atoms with Crippen LogP contribution >= 0.6 is 0 Å². The molecule has 3 N–H and O–H groups in total. The van der Waals surface area contributed by atoms with Gasteiger partial charge in [-0.15, -0.1) is 0 Å². The maximum Gasteiger partial charge on any atom is 0.309 e. The van der Waals surface area contributed by atoms with Crippen molar-refractivity contribution in [2.24, 2.45) is 16.7 Å². The first-order valence-corrected chi connectivity index (χ1v) is 12.7. The minimum Gasteiger partial charge on any atom is -0.496 e. The van der Waals surface area contributed by atoms with Crippen LogP contribution in [0.5, 0.6) is 11.5 Å². The van der Waals surface area contributed by atoms with E-state index in [1.165, 1.54) is 13.2 Å². The third-order valence-corrected chi connectivity index (χ3v) is 7.31. The number of benzene rings is 1. The number of amides is 2. The Morgan fingerprint density at radius 2 is 1.78 bits per heavy atom. The van der Waals surface area contributed by atoms with Gasteiger partial charge >= 0.3 is 5.97 Å². The second kappa shape index (κ2) is 11.0. The topological polar surface area (TPSA) is 114 Å². The van der Waals surface area contributed by atoms with Crippen LogP contribution in [0, 0.1) is 22.6 Å². The predicted octanol–water partition coefficient (Wildman–Crippen LogP) is 4.31. The van der Waals surface area contributed by atoms with E-state index in [1.54, 1.807) is 6.92 Å². The van der Waals surface area contributed by atoms with E-state index in [0.717, 1.165) is 12.5 Å². The smallest absolute Gasteiger partial charge is 0.309 e. The maximum absolute atomic E-state index is 14.8. The summed E-state index contributed by atoms with van der Waals surface area (Å²) in [6, 6.07) is 2.12. The summed E-state index contributed by atoms with van der Waals surface area (Å²) in [4.78, 5) is 37.5. The van der Waals surface area contributed by atoms with Gasteiger partial charge in [-0.3, -0.25) is 14.4 Å². The van der Waals surface area contributed by atoms with Gasteiger partial charge in [-0.2, -0.15) is 0 Å². The molecule has 8 nitrogen and oxygen atoms in total. The predicted molar refractivity (Wildman–Crippen MR) is 133 cm³/mol. The highest BCUT2D eigenvalue weighted by Gasteiger charge is 2.39. The van der Waals surface area contributed by atoms with E-state index >= 15 is 0 Å². The lowest BCUT2D eigenvalue weighted by molar-refractivity contribution is -0.150. The van der Waals surface area contributed by atoms with Crippen molar-refractivity contribution in [2.75, 3.05) is 13.7 Å². The molecule has 0 aromatic heterocycles. The van der Waals surface area contributed by atoms with Crippen LogP contribution in [0.4, 0.5) is 4.39 Å². The number of carboxylic acids is 1. The number of carbonyl (C=O) groups excluding carboxylic acids is 2. The Morgan fingerprint density at radius 1 is 1.11 bits per heavy atom. The van der Waals surface area contributed by atoms with Crippen molar-refractivity contribution in [3.05, 3.63) is 23.5 Å². The first kappa shape index (κ1) is 27.7. The van der Waals surface area contributed by atoms with Gasteiger partial charge < -0.3 is 25.2 Å². The van der Waals surface area contributed by atoms with Crippen LogP contribution in [0.15, 0.2) is 12.1 Å². The molecule has 0 aliphatic heterocycles. The summed E-state index contributed by atoms with van der Waals surface area (Å²) in [5.41, 5.74) is -0.726. The first-order chi connectivity index (χ1) is 16.8. The number of hydrogen-bond acceptors (Lipinski definition) is 5. The molecule has 2 aliphatic rings. The molecule has 0 saturated heterocycles. The maximum atomic E-state index is 14.8. The molecule has 0 heterocycles. The fourth-order valence-corrected chi connectivity index (χ4v) is 4.89. The van der Waals surface area contributed by atoms with Gasteiger partial charge in [-0.05, 0) is 56.9 Å². The second-order valence-corrected chi connectivity index (χ2v) is 11.6. The third-order valence-electron chi connectivity index (χ3n) is 7.31. The lowest BCUT2D eigenvalue weighted by atomic mass is 9.75. The van der Waals surface area contributed by atoms with Crippen molar-refractivity contribution in [3.63, 3.8) is 0 Å². The Hall–Kier alpha value is -2.84. The van der Waals surface area contributed by atoms with Crippen LogP contribution in [0.25, 0.3) is 0 Å². The molecule has 2 aliphatic carbocycles. The summed E-state index contributed by atoms with van der Waals surface area (Å²) in [5.74, 6) is -2.36. The molecule has 3 rings (SSSR count). The number of ether oxygens (including phenoxy) is 2. The van der Waals surface area contributed by atoms with Crippen LogP contribution in [0.1, 0.15) is 83.0 Å². The van der Waals surface area contributed by atoms with Gasteiger partial charge in [-0.25, -0.2) is 4.39 Å². The van der Waals surface area contributed by atoms with E-state index in [4.69, 9.17) is 9.47 Å². The average molecular weight is 507 g/mol. The van der Waals surface area contributed by atoms with Crippen molar-refractivity contribution in [3.8, 4) is 11.5 Å². The van der Waals surface area contributed by atoms with Crippen LogP contribution < -0.4 is 20.1 Å². The van der Waals surface area contributed by atoms with E-state index in [1.807, 2.05) is 20.8 Å². The number of aliphatic carboxylic acids is 1. The fourth-order valence-electron chi connectivity index (χ4n) is 4.89. The second-order valence-electron chi connectivity index (χ2n) is 11.6. The van der Waals surface area contributed by atoms with Gasteiger partial charge in [0.15, 0.2) is 11.6 Å².